The van der Waals surface area contributed by atoms with Crippen LogP contribution in [0.5, 0.6) is 17.2 Å². The number of aryl methyl sites for hydroxylation is 1. The minimum absolute atomic E-state index is 0.601. The molecule has 0 unspecified atom stereocenters. The van der Waals surface area contributed by atoms with Gasteiger partial charge in [-0.1, -0.05) is 0 Å². The van der Waals surface area contributed by atoms with Crippen molar-refractivity contribution in [3.8, 4) is 17.2 Å². The lowest BCUT2D eigenvalue weighted by Crippen LogP contribution is -2.06. The summed E-state index contributed by atoms with van der Waals surface area (Å²) in [4.78, 5) is 4.02. The van der Waals surface area contributed by atoms with E-state index < -0.39 is 0 Å². The third-order valence-electron chi connectivity index (χ3n) is 3.15. The normalized spacial score (nSPS) is 10.2. The van der Waals surface area contributed by atoms with Gasteiger partial charge in [0.2, 0.25) is 5.75 Å². The summed E-state index contributed by atoms with van der Waals surface area (Å²) in [5.41, 5.74) is 0.940. The van der Waals surface area contributed by atoms with Crippen LogP contribution in [-0.2, 0) is 6.54 Å². The summed E-state index contributed by atoms with van der Waals surface area (Å²) in [7, 11) is 4.82. The quantitative estimate of drug-likeness (QED) is 0.757. The molecule has 0 bridgehead atoms. The van der Waals surface area contributed by atoms with Gasteiger partial charge in [-0.25, -0.2) is 4.98 Å². The van der Waals surface area contributed by atoms with E-state index in [2.05, 4.69) is 14.9 Å². The SMILES string of the molecule is COc1cc(NCCCn2ccnc2)cc(OC)c1OC. The molecule has 6 nitrogen and oxygen atoms in total. The van der Waals surface area contributed by atoms with Gasteiger partial charge in [0.1, 0.15) is 0 Å². The third kappa shape index (κ3) is 3.81. The predicted octanol–water partition coefficient (Wildman–Crippen LogP) is 2.41. The molecule has 0 spiro atoms. The fraction of sp³-hybridized carbons (Fsp3) is 0.400. The second-order valence-electron chi connectivity index (χ2n) is 4.49. The Morgan fingerprint density at radius 3 is 2.33 bits per heavy atom. The molecule has 1 N–H and O–H groups in total. The minimum Gasteiger partial charge on any atom is -0.493 e. The fourth-order valence-electron chi connectivity index (χ4n) is 2.10. The molecule has 2 rings (SSSR count). The van der Waals surface area contributed by atoms with Crippen LogP contribution in [0.3, 0.4) is 0 Å². The Bertz CT molecular complexity index is 530. The maximum Gasteiger partial charge on any atom is 0.203 e. The van der Waals surface area contributed by atoms with E-state index in [9.17, 15) is 0 Å². The van der Waals surface area contributed by atoms with Gasteiger partial charge in [0.15, 0.2) is 11.5 Å². The molecule has 1 aromatic carbocycles. The zero-order chi connectivity index (χ0) is 15.1. The van der Waals surface area contributed by atoms with Crippen LogP contribution in [0.25, 0.3) is 0 Å². The number of methoxy groups -OCH3 is 3. The first-order valence-corrected chi connectivity index (χ1v) is 6.78. The van der Waals surface area contributed by atoms with Gasteiger partial charge >= 0.3 is 0 Å². The molecular formula is C15H21N3O3. The lowest BCUT2D eigenvalue weighted by molar-refractivity contribution is 0.324. The molecule has 6 heteroatoms. The van der Waals surface area contributed by atoms with Crippen LogP contribution in [0.15, 0.2) is 30.9 Å². The first kappa shape index (κ1) is 15.0. The number of anilines is 1. The topological polar surface area (TPSA) is 57.5 Å². The molecule has 0 aliphatic heterocycles. The minimum atomic E-state index is 0.601. The number of rotatable bonds is 8. The van der Waals surface area contributed by atoms with Crippen LogP contribution < -0.4 is 19.5 Å². The Morgan fingerprint density at radius 1 is 1.10 bits per heavy atom. The number of hydrogen-bond donors (Lipinski definition) is 1. The van der Waals surface area contributed by atoms with Crippen LogP contribution in [0, 0.1) is 0 Å². The average molecular weight is 291 g/mol. The molecule has 1 heterocycles. The summed E-state index contributed by atoms with van der Waals surface area (Å²) < 4.78 is 18.0. The second-order valence-corrected chi connectivity index (χ2v) is 4.49. The highest BCUT2D eigenvalue weighted by atomic mass is 16.5. The van der Waals surface area contributed by atoms with Crippen molar-refractivity contribution in [3.05, 3.63) is 30.9 Å². The van der Waals surface area contributed by atoms with E-state index in [4.69, 9.17) is 14.2 Å². The van der Waals surface area contributed by atoms with E-state index in [0.29, 0.717) is 17.2 Å². The van der Waals surface area contributed by atoms with Crippen molar-refractivity contribution in [2.45, 2.75) is 13.0 Å². The Balaban J connectivity index is 1.96. The molecule has 0 atom stereocenters. The van der Waals surface area contributed by atoms with Crippen molar-refractivity contribution < 1.29 is 14.2 Å². The molecule has 0 saturated heterocycles. The summed E-state index contributed by atoms with van der Waals surface area (Å²) in [6.45, 7) is 1.77. The number of nitrogens with zero attached hydrogens (tertiary/aromatic N) is 2. The van der Waals surface area contributed by atoms with E-state index >= 15 is 0 Å². The van der Waals surface area contributed by atoms with Gasteiger partial charge in [-0.15, -0.1) is 0 Å². The maximum atomic E-state index is 5.33. The molecule has 0 fully saturated rings. The molecule has 0 amide bonds. The van der Waals surface area contributed by atoms with E-state index in [1.165, 1.54) is 0 Å². The van der Waals surface area contributed by atoms with Gasteiger partial charge in [-0.3, -0.25) is 0 Å². The molecule has 1 aromatic heterocycles. The van der Waals surface area contributed by atoms with Crippen molar-refractivity contribution in [1.82, 2.24) is 9.55 Å². The zero-order valence-electron chi connectivity index (χ0n) is 12.6. The number of aromatic nitrogens is 2. The molecule has 0 aliphatic carbocycles. The Labute approximate surface area is 124 Å². The van der Waals surface area contributed by atoms with Crippen molar-refractivity contribution in [2.75, 3.05) is 33.2 Å². The first-order valence-electron chi connectivity index (χ1n) is 6.78. The zero-order valence-corrected chi connectivity index (χ0v) is 12.6. The van der Waals surface area contributed by atoms with Gasteiger partial charge in [-0.05, 0) is 6.42 Å². The summed E-state index contributed by atoms with van der Waals surface area (Å²) in [6, 6.07) is 3.80. The maximum absolute atomic E-state index is 5.33. The summed E-state index contributed by atoms with van der Waals surface area (Å²) in [5.74, 6) is 1.90. The third-order valence-corrected chi connectivity index (χ3v) is 3.15. The number of hydrogen-bond acceptors (Lipinski definition) is 5. The standard InChI is InChI=1S/C15H21N3O3/c1-19-13-9-12(10-14(20-2)15(13)21-3)17-5-4-7-18-8-6-16-11-18/h6,8-11,17H,4-5,7H2,1-3H3. The van der Waals surface area contributed by atoms with E-state index in [1.807, 2.05) is 24.7 Å². The molecular weight excluding hydrogens is 270 g/mol. The number of imidazole rings is 1. The fourth-order valence-corrected chi connectivity index (χ4v) is 2.10. The molecule has 114 valence electrons. The smallest absolute Gasteiger partial charge is 0.203 e. The van der Waals surface area contributed by atoms with Crippen LogP contribution in [0.4, 0.5) is 5.69 Å². The number of ether oxygens (including phenoxy) is 3. The Morgan fingerprint density at radius 2 is 1.81 bits per heavy atom. The van der Waals surface area contributed by atoms with Crippen molar-refractivity contribution in [2.24, 2.45) is 0 Å². The predicted molar refractivity (Wildman–Crippen MR) is 81.4 cm³/mol. The van der Waals surface area contributed by atoms with Crippen LogP contribution in [-0.4, -0.2) is 37.4 Å². The van der Waals surface area contributed by atoms with E-state index in [-0.39, 0.29) is 0 Å². The summed E-state index contributed by atoms with van der Waals surface area (Å²) in [6.07, 6.45) is 6.55. The highest BCUT2D eigenvalue weighted by Gasteiger charge is 2.12. The molecule has 21 heavy (non-hydrogen) atoms. The first-order chi connectivity index (χ1) is 10.3. The molecule has 0 radical (unpaired) electrons. The number of benzene rings is 1. The lowest BCUT2D eigenvalue weighted by atomic mass is 10.2. The van der Waals surface area contributed by atoms with Crippen LogP contribution >= 0.6 is 0 Å². The van der Waals surface area contributed by atoms with Gasteiger partial charge in [0, 0.05) is 43.3 Å². The van der Waals surface area contributed by atoms with Crippen molar-refractivity contribution in [3.63, 3.8) is 0 Å². The largest absolute Gasteiger partial charge is 0.493 e. The highest BCUT2D eigenvalue weighted by Crippen LogP contribution is 2.39. The Hall–Kier alpha value is -2.37. The lowest BCUT2D eigenvalue weighted by Gasteiger charge is -2.15. The van der Waals surface area contributed by atoms with Crippen LogP contribution in [0.2, 0.25) is 0 Å². The molecule has 0 aliphatic rings. The van der Waals surface area contributed by atoms with E-state index in [0.717, 1.165) is 25.2 Å². The van der Waals surface area contributed by atoms with Gasteiger partial charge in [0.25, 0.3) is 0 Å². The van der Waals surface area contributed by atoms with Crippen molar-refractivity contribution in [1.29, 1.82) is 0 Å². The Kier molecular flexibility index (Phi) is 5.31. The van der Waals surface area contributed by atoms with Gasteiger partial charge in [-0.2, -0.15) is 0 Å². The second kappa shape index (κ2) is 7.42. The summed E-state index contributed by atoms with van der Waals surface area (Å²) >= 11 is 0. The van der Waals surface area contributed by atoms with Gasteiger partial charge < -0.3 is 24.1 Å². The average Bonchev–Trinajstić information content (AvgIpc) is 3.03. The van der Waals surface area contributed by atoms with E-state index in [1.54, 1.807) is 27.5 Å². The monoisotopic (exact) mass is 291 g/mol. The number of nitrogens with one attached hydrogen (secondary N) is 1. The molecule has 0 saturated carbocycles. The van der Waals surface area contributed by atoms with Crippen LogP contribution in [0.1, 0.15) is 6.42 Å². The highest BCUT2D eigenvalue weighted by molar-refractivity contribution is 5.62. The van der Waals surface area contributed by atoms with Crippen molar-refractivity contribution >= 4 is 5.69 Å². The van der Waals surface area contributed by atoms with Gasteiger partial charge in [0.05, 0.1) is 27.7 Å². The molecule has 2 aromatic rings. The summed E-state index contributed by atoms with van der Waals surface area (Å²) in [5, 5.41) is 3.36.